The summed E-state index contributed by atoms with van der Waals surface area (Å²) >= 11 is 0. The lowest BCUT2D eigenvalue weighted by atomic mass is 9.98. The zero-order valence-corrected chi connectivity index (χ0v) is 18.4. The Bertz CT molecular complexity index is 937. The Balaban J connectivity index is 1.46. The largest absolute Gasteiger partial charge is 0.385 e. The van der Waals surface area contributed by atoms with Crippen molar-refractivity contribution in [1.82, 2.24) is 0 Å². The number of hydrogen-bond donors (Lipinski definition) is 2. The lowest BCUT2D eigenvalue weighted by Gasteiger charge is -2.42. The van der Waals surface area contributed by atoms with Crippen molar-refractivity contribution >= 4 is 0 Å². The molecule has 0 aliphatic carbocycles. The van der Waals surface area contributed by atoms with Gasteiger partial charge in [0.2, 0.25) is 0 Å². The van der Waals surface area contributed by atoms with Gasteiger partial charge in [-0.05, 0) is 16.7 Å². The van der Waals surface area contributed by atoms with Crippen LogP contribution in [0.5, 0.6) is 0 Å². The smallest absolute Gasteiger partial charge is 0.184 e. The first-order valence-corrected chi connectivity index (χ1v) is 11.1. The zero-order valence-electron chi connectivity index (χ0n) is 18.4. The Morgan fingerprint density at radius 2 is 1.06 bits per heavy atom. The van der Waals surface area contributed by atoms with E-state index in [1.807, 2.05) is 91.0 Å². The van der Waals surface area contributed by atoms with Gasteiger partial charge in [0.25, 0.3) is 0 Å². The van der Waals surface area contributed by atoms with Crippen molar-refractivity contribution in [3.63, 3.8) is 0 Å². The molecule has 0 radical (unpaired) electrons. The average Bonchev–Trinajstić information content (AvgIpc) is 2.86. The Morgan fingerprint density at radius 1 is 0.606 bits per heavy atom. The van der Waals surface area contributed by atoms with Crippen LogP contribution in [0.2, 0.25) is 0 Å². The van der Waals surface area contributed by atoms with Crippen LogP contribution < -0.4 is 0 Å². The van der Waals surface area contributed by atoms with E-state index in [0.717, 1.165) is 16.7 Å². The molecule has 6 nitrogen and oxygen atoms in total. The van der Waals surface area contributed by atoms with Gasteiger partial charge < -0.3 is 29.2 Å². The maximum Gasteiger partial charge on any atom is 0.184 e. The van der Waals surface area contributed by atoms with Gasteiger partial charge in [0.05, 0.1) is 26.4 Å². The first-order chi connectivity index (χ1) is 16.2. The third kappa shape index (κ3) is 6.71. The lowest BCUT2D eigenvalue weighted by Crippen LogP contribution is -2.60. The molecule has 1 heterocycles. The predicted octanol–water partition coefficient (Wildman–Crippen LogP) is 3.45. The molecule has 1 saturated heterocycles. The summed E-state index contributed by atoms with van der Waals surface area (Å²) in [4.78, 5) is 0. The van der Waals surface area contributed by atoms with Crippen molar-refractivity contribution in [1.29, 1.82) is 0 Å². The molecular formula is C27H30O6. The molecular weight excluding hydrogens is 420 g/mol. The van der Waals surface area contributed by atoms with Gasteiger partial charge in [0.15, 0.2) is 6.29 Å². The van der Waals surface area contributed by atoms with Crippen LogP contribution in [-0.4, -0.2) is 47.5 Å². The van der Waals surface area contributed by atoms with Crippen molar-refractivity contribution in [3.05, 3.63) is 108 Å². The molecule has 4 rings (SSSR count). The van der Waals surface area contributed by atoms with Crippen molar-refractivity contribution in [2.45, 2.75) is 50.5 Å². The Morgan fingerprint density at radius 3 is 1.58 bits per heavy atom. The zero-order chi connectivity index (χ0) is 22.9. The average molecular weight is 451 g/mol. The fraction of sp³-hybridized carbons (Fsp3) is 0.333. The fourth-order valence-electron chi connectivity index (χ4n) is 3.84. The highest BCUT2D eigenvalue weighted by atomic mass is 16.7. The molecule has 1 aliphatic heterocycles. The number of benzene rings is 3. The van der Waals surface area contributed by atoms with Crippen LogP contribution in [0.25, 0.3) is 0 Å². The van der Waals surface area contributed by atoms with Gasteiger partial charge in [-0.15, -0.1) is 0 Å². The highest BCUT2D eigenvalue weighted by Crippen LogP contribution is 2.27. The van der Waals surface area contributed by atoms with Crippen LogP contribution in [-0.2, 0) is 38.8 Å². The van der Waals surface area contributed by atoms with E-state index in [1.54, 1.807) is 0 Å². The van der Waals surface area contributed by atoms with Crippen LogP contribution in [0, 0.1) is 0 Å². The normalized spacial score (nSPS) is 25.1. The molecule has 0 aromatic heterocycles. The molecule has 3 aromatic rings. The molecule has 2 N–H and O–H groups in total. The maximum atomic E-state index is 10.7. The van der Waals surface area contributed by atoms with Crippen molar-refractivity contribution in [2.24, 2.45) is 0 Å². The van der Waals surface area contributed by atoms with Gasteiger partial charge in [-0.2, -0.15) is 0 Å². The predicted molar refractivity (Wildman–Crippen MR) is 123 cm³/mol. The molecule has 3 aromatic carbocycles. The molecule has 1 aliphatic rings. The third-order valence-corrected chi connectivity index (χ3v) is 5.60. The van der Waals surface area contributed by atoms with Gasteiger partial charge in [-0.25, -0.2) is 0 Å². The van der Waals surface area contributed by atoms with E-state index in [9.17, 15) is 10.2 Å². The highest BCUT2D eigenvalue weighted by Gasteiger charge is 2.46. The standard InChI is InChI=1S/C27H30O6/c28-24-26(32-18-22-14-8-3-9-15-22)25(31-17-21-12-6-2-7-13-21)23(33-27(24)29)19-30-16-20-10-4-1-5-11-20/h1-15,23-29H,16-19H2/t23?,24?,25-,26?,27+/m1/s1. The van der Waals surface area contributed by atoms with E-state index < -0.39 is 30.7 Å². The van der Waals surface area contributed by atoms with E-state index in [4.69, 9.17) is 18.9 Å². The summed E-state index contributed by atoms with van der Waals surface area (Å²) in [7, 11) is 0. The van der Waals surface area contributed by atoms with Gasteiger partial charge in [-0.3, -0.25) is 0 Å². The monoisotopic (exact) mass is 450 g/mol. The van der Waals surface area contributed by atoms with Crippen LogP contribution in [0.1, 0.15) is 16.7 Å². The van der Waals surface area contributed by atoms with Crippen LogP contribution in [0.4, 0.5) is 0 Å². The van der Waals surface area contributed by atoms with Gasteiger partial charge in [-0.1, -0.05) is 91.0 Å². The Kier molecular flexibility index (Phi) is 8.60. The number of rotatable bonds is 10. The number of ether oxygens (including phenoxy) is 4. The van der Waals surface area contributed by atoms with Gasteiger partial charge >= 0.3 is 0 Å². The summed E-state index contributed by atoms with van der Waals surface area (Å²) < 4.78 is 23.9. The summed E-state index contributed by atoms with van der Waals surface area (Å²) in [6.45, 7) is 1.18. The highest BCUT2D eigenvalue weighted by molar-refractivity contribution is 5.15. The van der Waals surface area contributed by atoms with E-state index >= 15 is 0 Å². The molecule has 1 fully saturated rings. The number of hydrogen-bond acceptors (Lipinski definition) is 6. The second-order valence-electron chi connectivity index (χ2n) is 8.08. The van der Waals surface area contributed by atoms with E-state index in [1.165, 1.54) is 0 Å². The van der Waals surface area contributed by atoms with Crippen molar-refractivity contribution < 1.29 is 29.2 Å². The second kappa shape index (κ2) is 12.0. The van der Waals surface area contributed by atoms with Crippen LogP contribution in [0.15, 0.2) is 91.0 Å². The third-order valence-electron chi connectivity index (χ3n) is 5.60. The molecule has 6 heteroatoms. The Labute approximate surface area is 194 Å². The van der Waals surface area contributed by atoms with Crippen LogP contribution >= 0.6 is 0 Å². The first kappa shape index (κ1) is 23.6. The molecule has 0 spiro atoms. The fourth-order valence-corrected chi connectivity index (χ4v) is 3.84. The van der Waals surface area contributed by atoms with E-state index in [2.05, 4.69) is 0 Å². The molecule has 0 amide bonds. The molecule has 0 saturated carbocycles. The van der Waals surface area contributed by atoms with Crippen LogP contribution in [0.3, 0.4) is 0 Å². The molecule has 3 unspecified atom stereocenters. The van der Waals surface area contributed by atoms with Crippen molar-refractivity contribution in [2.75, 3.05) is 6.61 Å². The minimum Gasteiger partial charge on any atom is -0.385 e. The molecule has 0 bridgehead atoms. The minimum absolute atomic E-state index is 0.184. The molecule has 33 heavy (non-hydrogen) atoms. The maximum absolute atomic E-state index is 10.7. The summed E-state index contributed by atoms with van der Waals surface area (Å²) in [5.74, 6) is 0. The van der Waals surface area contributed by atoms with E-state index in [0.29, 0.717) is 13.2 Å². The topological polar surface area (TPSA) is 77.4 Å². The Hall–Kier alpha value is -2.58. The summed E-state index contributed by atoms with van der Waals surface area (Å²) in [5.41, 5.74) is 2.99. The summed E-state index contributed by atoms with van der Waals surface area (Å²) in [5, 5.41) is 21.1. The number of aliphatic hydroxyl groups is 2. The quantitative estimate of drug-likeness (QED) is 0.493. The SMILES string of the molecule is OC1C(OCc2ccccc2)[C@H](OCc2ccccc2)C(COCc2ccccc2)O[C@@H]1O. The molecule has 5 atom stereocenters. The summed E-state index contributed by atoms with van der Waals surface area (Å²) in [6.07, 6.45) is -4.68. The minimum atomic E-state index is -1.40. The lowest BCUT2D eigenvalue weighted by molar-refractivity contribution is -0.307. The van der Waals surface area contributed by atoms with Gasteiger partial charge in [0.1, 0.15) is 24.4 Å². The van der Waals surface area contributed by atoms with E-state index in [-0.39, 0.29) is 13.2 Å². The van der Waals surface area contributed by atoms with Crippen molar-refractivity contribution in [3.8, 4) is 0 Å². The van der Waals surface area contributed by atoms with Gasteiger partial charge in [0, 0.05) is 0 Å². The first-order valence-electron chi connectivity index (χ1n) is 11.1. The second-order valence-corrected chi connectivity index (χ2v) is 8.08. The number of aliphatic hydroxyl groups excluding tert-OH is 2. The summed E-state index contributed by atoms with van der Waals surface area (Å²) in [6, 6.07) is 29.3. The molecule has 174 valence electrons.